The quantitative estimate of drug-likeness (QED) is 0.597. The third-order valence-electron chi connectivity index (χ3n) is 2.33. The SMILES string of the molecule is CCOc1cncc(C(COC(C)(C)C)NN)c1. The average molecular weight is 253 g/mol. The van der Waals surface area contributed by atoms with Crippen LogP contribution in [-0.2, 0) is 4.74 Å². The predicted molar refractivity (Wildman–Crippen MR) is 71.2 cm³/mol. The maximum atomic E-state index is 5.73. The molecule has 0 spiro atoms. The van der Waals surface area contributed by atoms with Crippen LogP contribution in [0.1, 0.15) is 39.3 Å². The lowest BCUT2D eigenvalue weighted by atomic mass is 10.1. The molecular formula is C13H23N3O2. The lowest BCUT2D eigenvalue weighted by Crippen LogP contribution is -2.34. The van der Waals surface area contributed by atoms with Crippen LogP contribution in [0.15, 0.2) is 18.5 Å². The van der Waals surface area contributed by atoms with Gasteiger partial charge in [0.05, 0.1) is 31.1 Å². The van der Waals surface area contributed by atoms with E-state index >= 15 is 0 Å². The molecule has 0 aliphatic heterocycles. The van der Waals surface area contributed by atoms with Crippen molar-refractivity contribution in [3.8, 4) is 5.75 Å². The van der Waals surface area contributed by atoms with Crippen LogP contribution in [0.2, 0.25) is 0 Å². The second-order valence-electron chi connectivity index (χ2n) is 5.03. The molecule has 5 nitrogen and oxygen atoms in total. The summed E-state index contributed by atoms with van der Waals surface area (Å²) in [7, 11) is 0. The first kappa shape index (κ1) is 14.9. The van der Waals surface area contributed by atoms with Gasteiger partial charge in [-0.25, -0.2) is 0 Å². The summed E-state index contributed by atoms with van der Waals surface area (Å²) in [6.45, 7) is 9.07. The van der Waals surface area contributed by atoms with Crippen molar-refractivity contribution >= 4 is 0 Å². The van der Waals surface area contributed by atoms with E-state index in [1.165, 1.54) is 0 Å². The Morgan fingerprint density at radius 3 is 2.67 bits per heavy atom. The number of aromatic nitrogens is 1. The van der Waals surface area contributed by atoms with Gasteiger partial charge in [-0.1, -0.05) is 0 Å². The van der Waals surface area contributed by atoms with Crippen LogP contribution in [0.4, 0.5) is 0 Å². The zero-order valence-corrected chi connectivity index (χ0v) is 11.6. The summed E-state index contributed by atoms with van der Waals surface area (Å²) >= 11 is 0. The number of nitrogens with two attached hydrogens (primary N) is 1. The van der Waals surface area contributed by atoms with Gasteiger partial charge < -0.3 is 9.47 Å². The first-order valence-electron chi connectivity index (χ1n) is 6.14. The number of rotatable bonds is 6. The molecule has 0 fully saturated rings. The number of hydrazine groups is 1. The molecule has 1 unspecified atom stereocenters. The third-order valence-corrected chi connectivity index (χ3v) is 2.33. The second kappa shape index (κ2) is 6.68. The van der Waals surface area contributed by atoms with Crippen LogP contribution in [0, 0.1) is 0 Å². The van der Waals surface area contributed by atoms with E-state index in [2.05, 4.69) is 10.4 Å². The van der Waals surface area contributed by atoms with E-state index in [4.69, 9.17) is 15.3 Å². The van der Waals surface area contributed by atoms with Gasteiger partial charge in [0, 0.05) is 6.20 Å². The molecule has 0 amide bonds. The number of hydrogen-bond donors (Lipinski definition) is 2. The number of nitrogens with zero attached hydrogens (tertiary/aromatic N) is 1. The standard InChI is InChI=1S/C13H23N3O2/c1-5-17-11-6-10(7-15-8-11)12(16-14)9-18-13(2,3)4/h6-8,12,16H,5,9,14H2,1-4H3. The minimum absolute atomic E-state index is 0.0999. The lowest BCUT2D eigenvalue weighted by Gasteiger charge is -2.24. The summed E-state index contributed by atoms with van der Waals surface area (Å²) in [6.07, 6.45) is 3.45. The molecule has 1 aromatic rings. The third kappa shape index (κ3) is 5.00. The van der Waals surface area contributed by atoms with Gasteiger partial charge in [0.25, 0.3) is 0 Å². The van der Waals surface area contributed by atoms with Crippen LogP contribution >= 0.6 is 0 Å². The van der Waals surface area contributed by atoms with Crippen molar-refractivity contribution in [2.45, 2.75) is 39.3 Å². The van der Waals surface area contributed by atoms with E-state index < -0.39 is 0 Å². The fourth-order valence-electron chi connectivity index (χ4n) is 1.45. The summed E-state index contributed by atoms with van der Waals surface area (Å²) in [5, 5.41) is 0. The summed E-state index contributed by atoms with van der Waals surface area (Å²) in [6, 6.07) is 1.82. The molecule has 0 saturated carbocycles. The molecule has 0 aromatic carbocycles. The second-order valence-corrected chi connectivity index (χ2v) is 5.03. The fraction of sp³-hybridized carbons (Fsp3) is 0.615. The highest BCUT2D eigenvalue weighted by molar-refractivity contribution is 5.26. The molecule has 0 aliphatic rings. The number of hydrogen-bond acceptors (Lipinski definition) is 5. The number of ether oxygens (including phenoxy) is 2. The summed E-state index contributed by atoms with van der Waals surface area (Å²) in [4.78, 5) is 4.14. The van der Waals surface area contributed by atoms with Crippen LogP contribution in [-0.4, -0.2) is 23.8 Å². The van der Waals surface area contributed by atoms with Crippen LogP contribution in [0.5, 0.6) is 5.75 Å². The van der Waals surface area contributed by atoms with Gasteiger partial charge >= 0.3 is 0 Å². The molecule has 18 heavy (non-hydrogen) atoms. The molecule has 1 rings (SSSR count). The van der Waals surface area contributed by atoms with Gasteiger partial charge in [-0.05, 0) is 39.3 Å². The molecule has 102 valence electrons. The van der Waals surface area contributed by atoms with Gasteiger partial charge in [-0.2, -0.15) is 0 Å². The van der Waals surface area contributed by atoms with Gasteiger partial charge in [-0.15, -0.1) is 0 Å². The first-order chi connectivity index (χ1) is 8.46. The van der Waals surface area contributed by atoms with Gasteiger partial charge in [0.1, 0.15) is 5.75 Å². The van der Waals surface area contributed by atoms with E-state index in [-0.39, 0.29) is 11.6 Å². The molecule has 0 aliphatic carbocycles. The largest absolute Gasteiger partial charge is 0.492 e. The van der Waals surface area contributed by atoms with Crippen LogP contribution < -0.4 is 16.0 Å². The molecule has 1 heterocycles. The zero-order chi connectivity index (χ0) is 13.6. The Morgan fingerprint density at radius 2 is 2.11 bits per heavy atom. The van der Waals surface area contributed by atoms with Crippen molar-refractivity contribution in [1.29, 1.82) is 0 Å². The van der Waals surface area contributed by atoms with Crippen molar-refractivity contribution in [3.05, 3.63) is 24.0 Å². The minimum atomic E-state index is -0.194. The predicted octanol–water partition coefficient (Wildman–Crippen LogP) is 1.80. The molecule has 1 atom stereocenters. The smallest absolute Gasteiger partial charge is 0.137 e. The molecule has 1 aromatic heterocycles. The maximum absolute atomic E-state index is 5.73. The van der Waals surface area contributed by atoms with Crippen molar-refractivity contribution in [2.75, 3.05) is 13.2 Å². The van der Waals surface area contributed by atoms with Crippen molar-refractivity contribution in [2.24, 2.45) is 5.84 Å². The minimum Gasteiger partial charge on any atom is -0.492 e. The van der Waals surface area contributed by atoms with Gasteiger partial charge in [0.15, 0.2) is 0 Å². The Bertz CT molecular complexity index is 363. The normalized spacial score (nSPS) is 13.4. The zero-order valence-electron chi connectivity index (χ0n) is 11.6. The summed E-state index contributed by atoms with van der Waals surface area (Å²) in [5.74, 6) is 6.30. The van der Waals surface area contributed by atoms with E-state index in [9.17, 15) is 0 Å². The van der Waals surface area contributed by atoms with Gasteiger partial charge in [-0.3, -0.25) is 16.3 Å². The highest BCUT2D eigenvalue weighted by atomic mass is 16.5. The fourth-order valence-corrected chi connectivity index (χ4v) is 1.45. The molecule has 0 radical (unpaired) electrons. The van der Waals surface area contributed by atoms with Crippen molar-refractivity contribution in [1.82, 2.24) is 10.4 Å². The van der Waals surface area contributed by atoms with Crippen molar-refractivity contribution in [3.63, 3.8) is 0 Å². The number of pyridine rings is 1. The Balaban J connectivity index is 2.72. The van der Waals surface area contributed by atoms with E-state index in [1.807, 2.05) is 33.8 Å². The Morgan fingerprint density at radius 1 is 1.39 bits per heavy atom. The maximum Gasteiger partial charge on any atom is 0.137 e. The van der Waals surface area contributed by atoms with E-state index in [0.717, 1.165) is 11.3 Å². The topological polar surface area (TPSA) is 69.4 Å². The van der Waals surface area contributed by atoms with Crippen LogP contribution in [0.25, 0.3) is 0 Å². The Hall–Kier alpha value is -1.17. The molecule has 3 N–H and O–H groups in total. The van der Waals surface area contributed by atoms with Crippen molar-refractivity contribution < 1.29 is 9.47 Å². The highest BCUT2D eigenvalue weighted by Crippen LogP contribution is 2.19. The van der Waals surface area contributed by atoms with Gasteiger partial charge in [0.2, 0.25) is 0 Å². The monoisotopic (exact) mass is 253 g/mol. The highest BCUT2D eigenvalue weighted by Gasteiger charge is 2.16. The van der Waals surface area contributed by atoms with E-state index in [1.54, 1.807) is 12.4 Å². The number of nitrogens with one attached hydrogen (secondary N) is 1. The molecule has 0 saturated heterocycles. The molecule has 5 heteroatoms. The van der Waals surface area contributed by atoms with Crippen LogP contribution in [0.3, 0.4) is 0 Å². The molecule has 0 bridgehead atoms. The Labute approximate surface area is 109 Å². The molecular weight excluding hydrogens is 230 g/mol. The Kier molecular flexibility index (Phi) is 5.53. The summed E-state index contributed by atoms with van der Waals surface area (Å²) in [5.41, 5.74) is 3.50. The van der Waals surface area contributed by atoms with E-state index in [0.29, 0.717) is 13.2 Å². The lowest BCUT2D eigenvalue weighted by molar-refractivity contribution is -0.0148. The summed E-state index contributed by atoms with van der Waals surface area (Å²) < 4.78 is 11.1. The first-order valence-corrected chi connectivity index (χ1v) is 6.14. The average Bonchev–Trinajstić information content (AvgIpc) is 2.29.